The number of anilines is 1. The van der Waals surface area contributed by atoms with E-state index >= 15 is 0 Å². The molecule has 1 amide bonds. The van der Waals surface area contributed by atoms with E-state index in [0.29, 0.717) is 25.4 Å². The van der Waals surface area contributed by atoms with Crippen molar-refractivity contribution < 1.29 is 9.53 Å². The van der Waals surface area contributed by atoms with Crippen molar-refractivity contribution in [1.82, 2.24) is 9.47 Å². The molecule has 0 spiro atoms. The third-order valence-electron chi connectivity index (χ3n) is 5.35. The normalized spacial score (nSPS) is 13.9. The number of hydrogen-bond acceptors (Lipinski definition) is 4. The number of ether oxygens (including phenoxy) is 1. The lowest BCUT2D eigenvalue weighted by Crippen LogP contribution is -2.49. The molecular weight excluding hydrogens is 378 g/mol. The van der Waals surface area contributed by atoms with Gasteiger partial charge in [0.2, 0.25) is 5.43 Å². The van der Waals surface area contributed by atoms with E-state index in [0.717, 1.165) is 24.3 Å². The number of amides is 1. The Balaban J connectivity index is 1.42. The molecule has 30 heavy (non-hydrogen) atoms. The molecule has 1 saturated heterocycles. The fourth-order valence-corrected chi connectivity index (χ4v) is 3.63. The second-order valence-corrected chi connectivity index (χ2v) is 7.39. The molecule has 0 bridgehead atoms. The quantitative estimate of drug-likeness (QED) is 0.657. The van der Waals surface area contributed by atoms with Crippen molar-refractivity contribution in [2.45, 2.75) is 6.61 Å². The highest BCUT2D eigenvalue weighted by molar-refractivity contribution is 5.92. The zero-order valence-corrected chi connectivity index (χ0v) is 17.0. The van der Waals surface area contributed by atoms with Crippen LogP contribution in [-0.4, -0.2) is 41.6 Å². The number of benzene rings is 2. The number of nitrogens with zero attached hydrogens (tertiary/aromatic N) is 3. The number of para-hydroxylation sites is 1. The van der Waals surface area contributed by atoms with Crippen LogP contribution in [0.25, 0.3) is 0 Å². The third kappa shape index (κ3) is 4.38. The van der Waals surface area contributed by atoms with Gasteiger partial charge in [-0.05, 0) is 17.7 Å². The number of aromatic nitrogens is 1. The molecular formula is C24H25N3O3. The maximum atomic E-state index is 13.0. The summed E-state index contributed by atoms with van der Waals surface area (Å²) in [6.07, 6.45) is 1.60. The van der Waals surface area contributed by atoms with Gasteiger partial charge in [0.05, 0.1) is 6.20 Å². The topological polar surface area (TPSA) is 54.8 Å². The molecule has 0 radical (unpaired) electrons. The summed E-state index contributed by atoms with van der Waals surface area (Å²) < 4.78 is 7.36. The molecule has 1 aliphatic heterocycles. The number of rotatable bonds is 5. The van der Waals surface area contributed by atoms with Crippen molar-refractivity contribution in [3.05, 3.63) is 94.4 Å². The van der Waals surface area contributed by atoms with Gasteiger partial charge < -0.3 is 19.1 Å². The van der Waals surface area contributed by atoms with Gasteiger partial charge >= 0.3 is 0 Å². The molecule has 2 heterocycles. The molecule has 0 aliphatic carbocycles. The largest absolute Gasteiger partial charge is 0.483 e. The Morgan fingerprint density at radius 2 is 1.57 bits per heavy atom. The van der Waals surface area contributed by atoms with Crippen molar-refractivity contribution in [3.8, 4) is 5.75 Å². The summed E-state index contributed by atoms with van der Waals surface area (Å²) in [5.41, 5.74) is 2.24. The first kappa shape index (κ1) is 19.8. The molecule has 1 aromatic heterocycles. The summed E-state index contributed by atoms with van der Waals surface area (Å²) in [6.45, 7) is 3.08. The zero-order chi connectivity index (χ0) is 20.9. The second kappa shape index (κ2) is 8.86. The Kier molecular flexibility index (Phi) is 5.84. The van der Waals surface area contributed by atoms with E-state index in [1.165, 1.54) is 6.07 Å². The van der Waals surface area contributed by atoms with Gasteiger partial charge in [-0.3, -0.25) is 9.59 Å². The first-order valence-corrected chi connectivity index (χ1v) is 10.1. The molecule has 0 unspecified atom stereocenters. The summed E-state index contributed by atoms with van der Waals surface area (Å²) in [7, 11) is 1.77. The highest BCUT2D eigenvalue weighted by Crippen LogP contribution is 2.17. The molecule has 1 fully saturated rings. The minimum absolute atomic E-state index is 0.128. The molecule has 6 nitrogen and oxygen atoms in total. The summed E-state index contributed by atoms with van der Waals surface area (Å²) in [5.74, 6) is 0.115. The smallest absolute Gasteiger partial charge is 0.270 e. The van der Waals surface area contributed by atoms with Crippen molar-refractivity contribution in [1.29, 1.82) is 0 Å². The Labute approximate surface area is 175 Å². The van der Waals surface area contributed by atoms with Gasteiger partial charge in [0.15, 0.2) is 5.75 Å². The molecule has 3 aromatic rings. The molecule has 1 aliphatic rings. The first-order valence-electron chi connectivity index (χ1n) is 10.1. The molecule has 0 saturated carbocycles. The first-order chi connectivity index (χ1) is 14.6. The van der Waals surface area contributed by atoms with E-state index in [2.05, 4.69) is 17.0 Å². The van der Waals surface area contributed by atoms with E-state index in [1.807, 2.05) is 48.5 Å². The Bertz CT molecular complexity index is 1060. The van der Waals surface area contributed by atoms with Crippen LogP contribution in [0.3, 0.4) is 0 Å². The van der Waals surface area contributed by atoms with E-state index in [-0.39, 0.29) is 17.1 Å². The molecule has 2 aromatic carbocycles. The lowest BCUT2D eigenvalue weighted by Gasteiger charge is -2.36. The number of carbonyl (C=O) groups excluding carboxylic acids is 1. The summed E-state index contributed by atoms with van der Waals surface area (Å²) in [4.78, 5) is 29.6. The number of pyridine rings is 1. The number of hydrogen-bond donors (Lipinski definition) is 0. The zero-order valence-electron chi connectivity index (χ0n) is 17.0. The maximum Gasteiger partial charge on any atom is 0.270 e. The maximum absolute atomic E-state index is 13.0. The van der Waals surface area contributed by atoms with Gasteiger partial charge in [-0.2, -0.15) is 0 Å². The standard InChI is InChI=1S/C24H25N3O3/c1-25-17-23(30-18-19-8-4-2-5-9-19)22(28)16-21(25)24(29)27-14-12-26(13-15-27)20-10-6-3-7-11-20/h2-11,16-17H,12-15,18H2,1H3. The van der Waals surface area contributed by atoms with Crippen LogP contribution in [0.4, 0.5) is 5.69 Å². The van der Waals surface area contributed by atoms with E-state index in [9.17, 15) is 9.59 Å². The Morgan fingerprint density at radius 3 is 2.23 bits per heavy atom. The van der Waals surface area contributed by atoms with Crippen LogP contribution in [0.15, 0.2) is 77.7 Å². The molecule has 6 heteroatoms. The fraction of sp³-hybridized carbons (Fsp3) is 0.250. The van der Waals surface area contributed by atoms with Crippen LogP contribution < -0.4 is 15.1 Å². The predicted molar refractivity (Wildman–Crippen MR) is 117 cm³/mol. The van der Waals surface area contributed by atoms with Gasteiger partial charge in [0, 0.05) is 45.0 Å². The van der Waals surface area contributed by atoms with E-state index in [1.54, 1.807) is 22.7 Å². The number of aryl methyl sites for hydroxylation is 1. The number of piperazine rings is 1. The third-order valence-corrected chi connectivity index (χ3v) is 5.35. The van der Waals surface area contributed by atoms with Crippen LogP contribution in [-0.2, 0) is 13.7 Å². The summed E-state index contributed by atoms with van der Waals surface area (Å²) >= 11 is 0. The lowest BCUT2D eigenvalue weighted by atomic mass is 10.2. The van der Waals surface area contributed by atoms with Crippen molar-refractivity contribution in [2.75, 3.05) is 31.1 Å². The predicted octanol–water partition coefficient (Wildman–Crippen LogP) is 2.93. The second-order valence-electron chi connectivity index (χ2n) is 7.39. The van der Waals surface area contributed by atoms with Gasteiger partial charge in [-0.15, -0.1) is 0 Å². The fourth-order valence-electron chi connectivity index (χ4n) is 3.63. The van der Waals surface area contributed by atoms with Crippen molar-refractivity contribution in [2.24, 2.45) is 7.05 Å². The summed E-state index contributed by atoms with van der Waals surface area (Å²) in [5, 5.41) is 0. The molecule has 154 valence electrons. The van der Waals surface area contributed by atoms with Gasteiger partial charge in [-0.25, -0.2) is 0 Å². The van der Waals surface area contributed by atoms with E-state index in [4.69, 9.17) is 4.74 Å². The highest BCUT2D eigenvalue weighted by atomic mass is 16.5. The van der Waals surface area contributed by atoms with Crippen LogP contribution in [0.5, 0.6) is 5.75 Å². The lowest BCUT2D eigenvalue weighted by molar-refractivity contribution is 0.0736. The molecule has 4 rings (SSSR count). The average Bonchev–Trinajstić information content (AvgIpc) is 2.80. The SMILES string of the molecule is Cn1cc(OCc2ccccc2)c(=O)cc1C(=O)N1CCN(c2ccccc2)CC1. The van der Waals surface area contributed by atoms with E-state index < -0.39 is 0 Å². The van der Waals surface area contributed by atoms with Gasteiger partial charge in [0.25, 0.3) is 5.91 Å². The van der Waals surface area contributed by atoms with Crippen LogP contribution >= 0.6 is 0 Å². The average molecular weight is 403 g/mol. The van der Waals surface area contributed by atoms with Crippen LogP contribution in [0.1, 0.15) is 16.1 Å². The minimum Gasteiger partial charge on any atom is -0.483 e. The van der Waals surface area contributed by atoms with Crippen LogP contribution in [0, 0.1) is 0 Å². The van der Waals surface area contributed by atoms with Gasteiger partial charge in [-0.1, -0.05) is 48.5 Å². The monoisotopic (exact) mass is 403 g/mol. The summed E-state index contributed by atoms with van der Waals surface area (Å²) in [6, 6.07) is 21.2. The van der Waals surface area contributed by atoms with Crippen LogP contribution in [0.2, 0.25) is 0 Å². The Hall–Kier alpha value is -3.54. The number of carbonyl (C=O) groups is 1. The minimum atomic E-state index is -0.282. The van der Waals surface area contributed by atoms with Crippen molar-refractivity contribution in [3.63, 3.8) is 0 Å². The van der Waals surface area contributed by atoms with Gasteiger partial charge in [0.1, 0.15) is 12.3 Å². The highest BCUT2D eigenvalue weighted by Gasteiger charge is 2.24. The molecule has 0 atom stereocenters. The Morgan fingerprint density at radius 1 is 0.933 bits per heavy atom. The molecule has 0 N–H and O–H groups in total. The van der Waals surface area contributed by atoms with Crippen molar-refractivity contribution >= 4 is 11.6 Å².